The minimum Gasteiger partial charge on any atom is -0.385 e. The zero-order valence-corrected chi connectivity index (χ0v) is 9.34. The molecule has 1 amide bonds. The van der Waals surface area contributed by atoms with Crippen molar-refractivity contribution in [2.75, 3.05) is 20.3 Å². The first-order chi connectivity index (χ1) is 7.27. The molecule has 0 saturated carbocycles. The predicted molar refractivity (Wildman–Crippen MR) is 57.6 cm³/mol. The van der Waals surface area contributed by atoms with Crippen molar-refractivity contribution < 1.29 is 9.53 Å². The quantitative estimate of drug-likeness (QED) is 0.713. The van der Waals surface area contributed by atoms with Crippen LogP contribution < -0.4 is 10.6 Å². The normalized spacial score (nSPS) is 35.8. The molecule has 2 N–H and O–H groups in total. The van der Waals surface area contributed by atoms with Crippen LogP contribution in [0.4, 0.5) is 0 Å². The van der Waals surface area contributed by atoms with Crippen LogP contribution in [0.5, 0.6) is 0 Å². The van der Waals surface area contributed by atoms with E-state index in [1.165, 1.54) is 6.42 Å². The molecule has 0 aromatic carbocycles. The van der Waals surface area contributed by atoms with Gasteiger partial charge in [-0.2, -0.15) is 0 Å². The number of rotatable bonds is 3. The van der Waals surface area contributed by atoms with Gasteiger partial charge in [0.15, 0.2) is 0 Å². The van der Waals surface area contributed by atoms with Gasteiger partial charge in [0.2, 0.25) is 5.91 Å². The Labute approximate surface area is 90.8 Å². The van der Waals surface area contributed by atoms with Gasteiger partial charge >= 0.3 is 0 Å². The van der Waals surface area contributed by atoms with Gasteiger partial charge in [0, 0.05) is 26.3 Å². The minimum absolute atomic E-state index is 0.168. The molecule has 2 aliphatic rings. The summed E-state index contributed by atoms with van der Waals surface area (Å²) < 4.78 is 5.10. The van der Waals surface area contributed by atoms with E-state index in [-0.39, 0.29) is 11.4 Å². The third-order valence-electron chi connectivity index (χ3n) is 3.58. The Bertz CT molecular complexity index is 245. The van der Waals surface area contributed by atoms with Gasteiger partial charge in [0.1, 0.15) is 5.54 Å². The van der Waals surface area contributed by atoms with E-state index in [1.54, 1.807) is 7.11 Å². The second kappa shape index (κ2) is 4.49. The maximum atomic E-state index is 12.0. The second-order valence-corrected chi connectivity index (χ2v) is 4.60. The first-order valence-electron chi connectivity index (χ1n) is 5.82. The summed E-state index contributed by atoms with van der Waals surface area (Å²) >= 11 is 0. The van der Waals surface area contributed by atoms with Gasteiger partial charge in [0.05, 0.1) is 0 Å². The summed E-state index contributed by atoms with van der Waals surface area (Å²) in [5.41, 5.74) is -0.352. The lowest BCUT2D eigenvalue weighted by atomic mass is 9.83. The fourth-order valence-corrected chi connectivity index (χ4v) is 2.70. The van der Waals surface area contributed by atoms with Crippen molar-refractivity contribution in [3.63, 3.8) is 0 Å². The Balaban J connectivity index is 2.11. The molecular formula is C11H20N2O2. The molecule has 2 atom stereocenters. The molecular weight excluding hydrogens is 192 g/mol. The average Bonchev–Trinajstić information content (AvgIpc) is 2.36. The zero-order valence-electron chi connectivity index (χ0n) is 9.34. The summed E-state index contributed by atoms with van der Waals surface area (Å²) in [5.74, 6) is 0.168. The number of piperidine rings is 1. The van der Waals surface area contributed by atoms with Gasteiger partial charge in [-0.15, -0.1) is 0 Å². The highest BCUT2D eigenvalue weighted by Gasteiger charge is 2.43. The summed E-state index contributed by atoms with van der Waals surface area (Å²) in [7, 11) is 1.69. The molecule has 2 rings (SSSR count). The van der Waals surface area contributed by atoms with Gasteiger partial charge < -0.3 is 15.4 Å². The fourth-order valence-electron chi connectivity index (χ4n) is 2.70. The lowest BCUT2D eigenvalue weighted by Crippen LogP contribution is -2.59. The van der Waals surface area contributed by atoms with Crippen molar-refractivity contribution in [2.45, 2.75) is 43.7 Å². The van der Waals surface area contributed by atoms with Crippen LogP contribution in [-0.2, 0) is 9.53 Å². The van der Waals surface area contributed by atoms with Crippen LogP contribution in [0.15, 0.2) is 0 Å². The summed E-state index contributed by atoms with van der Waals surface area (Å²) in [6.07, 6.45) is 5.13. The zero-order chi connectivity index (χ0) is 10.7. The predicted octanol–water partition coefficient (Wildman–Crippen LogP) is 0.424. The Morgan fingerprint density at radius 2 is 2.40 bits per heavy atom. The topological polar surface area (TPSA) is 50.4 Å². The van der Waals surface area contributed by atoms with Crippen LogP contribution in [-0.4, -0.2) is 37.7 Å². The third-order valence-corrected chi connectivity index (χ3v) is 3.58. The molecule has 0 aromatic rings. The van der Waals surface area contributed by atoms with E-state index in [1.807, 2.05) is 0 Å². The Hall–Kier alpha value is -0.610. The van der Waals surface area contributed by atoms with Crippen molar-refractivity contribution in [1.82, 2.24) is 10.6 Å². The molecule has 0 radical (unpaired) electrons. The van der Waals surface area contributed by atoms with Crippen molar-refractivity contribution in [3.05, 3.63) is 0 Å². The second-order valence-electron chi connectivity index (χ2n) is 4.60. The molecule has 2 heterocycles. The molecule has 2 fully saturated rings. The number of nitrogens with one attached hydrogen (secondary N) is 2. The maximum Gasteiger partial charge on any atom is 0.240 e. The SMILES string of the molecule is COCCC12CCCC(CCNC1=O)N2. The lowest BCUT2D eigenvalue weighted by Gasteiger charge is -2.38. The summed E-state index contributed by atoms with van der Waals surface area (Å²) in [5, 5.41) is 6.53. The maximum absolute atomic E-state index is 12.0. The number of carbonyl (C=O) groups excluding carboxylic acids is 1. The van der Waals surface area contributed by atoms with Crippen molar-refractivity contribution in [2.24, 2.45) is 0 Å². The molecule has 2 bridgehead atoms. The van der Waals surface area contributed by atoms with E-state index in [2.05, 4.69) is 10.6 Å². The largest absolute Gasteiger partial charge is 0.385 e. The molecule has 15 heavy (non-hydrogen) atoms. The molecule has 4 heteroatoms. The summed E-state index contributed by atoms with van der Waals surface area (Å²) in [4.78, 5) is 12.0. The van der Waals surface area contributed by atoms with Gasteiger partial charge in [-0.1, -0.05) is 0 Å². The smallest absolute Gasteiger partial charge is 0.240 e. The molecule has 0 aromatic heterocycles. The standard InChI is InChI=1S/C11H20N2O2/c1-15-8-6-11-5-2-3-9(13-11)4-7-12-10(11)14/h9,13H,2-8H2,1H3,(H,12,14). The molecule has 86 valence electrons. The Morgan fingerprint density at radius 3 is 3.20 bits per heavy atom. The number of amides is 1. The number of methoxy groups -OCH3 is 1. The fraction of sp³-hybridized carbons (Fsp3) is 0.909. The van der Waals surface area contributed by atoms with Crippen molar-refractivity contribution in [1.29, 1.82) is 0 Å². The first-order valence-corrected chi connectivity index (χ1v) is 5.82. The van der Waals surface area contributed by atoms with Gasteiger partial charge in [-0.3, -0.25) is 4.79 Å². The number of hydrogen-bond donors (Lipinski definition) is 2. The van der Waals surface area contributed by atoms with E-state index >= 15 is 0 Å². The molecule has 2 unspecified atom stereocenters. The molecule has 2 saturated heterocycles. The van der Waals surface area contributed by atoms with Crippen molar-refractivity contribution in [3.8, 4) is 0 Å². The minimum atomic E-state index is -0.352. The number of carbonyl (C=O) groups is 1. The van der Waals surface area contributed by atoms with E-state index in [0.717, 1.165) is 32.2 Å². The number of ether oxygens (including phenoxy) is 1. The highest BCUT2D eigenvalue weighted by atomic mass is 16.5. The monoisotopic (exact) mass is 212 g/mol. The number of fused-ring (bicyclic) bond motifs is 2. The third kappa shape index (κ3) is 2.16. The van der Waals surface area contributed by atoms with Crippen molar-refractivity contribution >= 4 is 5.91 Å². The van der Waals surface area contributed by atoms with E-state index in [4.69, 9.17) is 4.74 Å². The van der Waals surface area contributed by atoms with Crippen LogP contribution in [0.25, 0.3) is 0 Å². The van der Waals surface area contributed by atoms with Gasteiger partial charge in [-0.05, 0) is 32.1 Å². The van der Waals surface area contributed by atoms with E-state index in [9.17, 15) is 4.79 Å². The average molecular weight is 212 g/mol. The molecule has 0 aliphatic carbocycles. The Morgan fingerprint density at radius 1 is 1.53 bits per heavy atom. The Kier molecular flexibility index (Phi) is 3.26. The van der Waals surface area contributed by atoms with Gasteiger partial charge in [-0.25, -0.2) is 0 Å². The lowest BCUT2D eigenvalue weighted by molar-refractivity contribution is -0.129. The molecule has 4 nitrogen and oxygen atoms in total. The van der Waals surface area contributed by atoms with Crippen LogP contribution in [0.1, 0.15) is 32.1 Å². The van der Waals surface area contributed by atoms with Crippen LogP contribution in [0.3, 0.4) is 0 Å². The number of hydrogen-bond acceptors (Lipinski definition) is 3. The van der Waals surface area contributed by atoms with E-state index in [0.29, 0.717) is 12.6 Å². The van der Waals surface area contributed by atoms with Gasteiger partial charge in [0.25, 0.3) is 0 Å². The molecule has 0 spiro atoms. The van der Waals surface area contributed by atoms with Crippen LogP contribution >= 0.6 is 0 Å². The summed E-state index contributed by atoms with van der Waals surface area (Å²) in [6.45, 7) is 1.46. The molecule has 2 aliphatic heterocycles. The highest BCUT2D eigenvalue weighted by molar-refractivity contribution is 5.86. The van der Waals surface area contributed by atoms with Crippen LogP contribution in [0.2, 0.25) is 0 Å². The van der Waals surface area contributed by atoms with E-state index < -0.39 is 0 Å². The summed E-state index contributed by atoms with van der Waals surface area (Å²) in [6, 6.07) is 0.509. The first kappa shape index (κ1) is 10.9. The highest BCUT2D eigenvalue weighted by Crippen LogP contribution is 2.28. The van der Waals surface area contributed by atoms with Crippen LogP contribution in [0, 0.1) is 0 Å².